The summed E-state index contributed by atoms with van der Waals surface area (Å²) in [5.74, 6) is 1.90. The summed E-state index contributed by atoms with van der Waals surface area (Å²) < 4.78 is 43.9. The third kappa shape index (κ3) is 3.78. The minimum Gasteiger partial charge on any atom is -0.370 e. The van der Waals surface area contributed by atoms with Crippen LogP contribution in [0, 0.1) is 0 Å². The van der Waals surface area contributed by atoms with Crippen LogP contribution in [0.5, 0.6) is 0 Å². The Morgan fingerprint density at radius 2 is 1.85 bits per heavy atom. The van der Waals surface area contributed by atoms with Crippen molar-refractivity contribution in [3.8, 4) is 0 Å². The molecule has 0 bridgehead atoms. The maximum absolute atomic E-state index is 12.7. The Morgan fingerprint density at radius 1 is 1.12 bits per heavy atom. The van der Waals surface area contributed by atoms with Gasteiger partial charge in [0.1, 0.15) is 22.9 Å². The average Bonchev–Trinajstić information content (AvgIpc) is 3.46. The number of aromatic nitrogens is 2. The molecular weight excluding hydrogens is 367 g/mol. The summed E-state index contributed by atoms with van der Waals surface area (Å²) in [7, 11) is 0. The molecule has 1 saturated carbocycles. The summed E-state index contributed by atoms with van der Waals surface area (Å²) >= 11 is 6.14. The number of anilines is 1. The molecule has 1 aromatic carbocycles. The van der Waals surface area contributed by atoms with Gasteiger partial charge in [0.25, 0.3) is 0 Å². The van der Waals surface area contributed by atoms with Crippen LogP contribution in [-0.2, 0) is 10.9 Å². The summed E-state index contributed by atoms with van der Waals surface area (Å²) in [6, 6.07) is 6.84. The quantitative estimate of drug-likeness (QED) is 0.726. The first-order valence-electron chi connectivity index (χ1n) is 8.48. The molecule has 26 heavy (non-hydrogen) atoms. The van der Waals surface area contributed by atoms with Gasteiger partial charge in [-0.1, -0.05) is 23.7 Å². The number of rotatable bonds is 3. The number of morpholine rings is 1. The van der Waals surface area contributed by atoms with Gasteiger partial charge >= 0.3 is 6.18 Å². The van der Waals surface area contributed by atoms with Crippen molar-refractivity contribution in [2.75, 3.05) is 24.6 Å². The van der Waals surface area contributed by atoms with Gasteiger partial charge in [-0.15, -0.1) is 0 Å². The lowest BCUT2D eigenvalue weighted by molar-refractivity contribution is -0.137. The van der Waals surface area contributed by atoms with E-state index in [9.17, 15) is 13.2 Å². The molecule has 0 N–H and O–H groups in total. The van der Waals surface area contributed by atoms with Gasteiger partial charge < -0.3 is 9.64 Å². The molecule has 2 aromatic rings. The topological polar surface area (TPSA) is 38.2 Å². The fourth-order valence-electron chi connectivity index (χ4n) is 3.05. The normalized spacial score (nSPS) is 21.1. The lowest BCUT2D eigenvalue weighted by Gasteiger charge is -2.34. The average molecular weight is 384 g/mol. The second kappa shape index (κ2) is 6.70. The molecule has 1 atom stereocenters. The van der Waals surface area contributed by atoms with Crippen molar-refractivity contribution in [1.29, 1.82) is 0 Å². The van der Waals surface area contributed by atoms with Gasteiger partial charge in [-0.3, -0.25) is 0 Å². The van der Waals surface area contributed by atoms with Crippen molar-refractivity contribution in [2.24, 2.45) is 0 Å². The molecule has 2 heterocycles. The zero-order valence-corrected chi connectivity index (χ0v) is 14.6. The Bertz CT molecular complexity index is 793. The zero-order chi connectivity index (χ0) is 18.3. The molecule has 8 heteroatoms. The lowest BCUT2D eigenvalue weighted by atomic mass is 10.1. The first-order chi connectivity index (χ1) is 12.4. The smallest absolute Gasteiger partial charge is 0.370 e. The Balaban J connectivity index is 1.52. The van der Waals surface area contributed by atoms with Gasteiger partial charge in [0.15, 0.2) is 0 Å². The molecule has 1 unspecified atom stereocenters. The van der Waals surface area contributed by atoms with Gasteiger partial charge in [-0.05, 0) is 30.5 Å². The van der Waals surface area contributed by atoms with Crippen molar-refractivity contribution in [1.82, 2.24) is 9.97 Å². The summed E-state index contributed by atoms with van der Waals surface area (Å²) in [5, 5.41) is 0.412. The number of alkyl halides is 3. The SMILES string of the molecule is FC(F)(F)c1ccc(C2CN(c3cc(Cl)nc(C4CC4)n3)CCO2)cc1. The number of ether oxygens (including phenoxy) is 1. The molecule has 2 fully saturated rings. The van der Waals surface area contributed by atoms with Crippen LogP contribution in [0.15, 0.2) is 30.3 Å². The fourth-order valence-corrected chi connectivity index (χ4v) is 3.24. The van der Waals surface area contributed by atoms with Crippen molar-refractivity contribution < 1.29 is 17.9 Å². The van der Waals surface area contributed by atoms with Gasteiger partial charge in [-0.2, -0.15) is 13.2 Å². The second-order valence-corrected chi connectivity index (χ2v) is 6.99. The van der Waals surface area contributed by atoms with E-state index in [4.69, 9.17) is 16.3 Å². The molecule has 0 spiro atoms. The summed E-state index contributed by atoms with van der Waals surface area (Å²) in [4.78, 5) is 11.0. The third-order valence-corrected chi connectivity index (χ3v) is 4.84. The third-order valence-electron chi connectivity index (χ3n) is 4.64. The Morgan fingerprint density at radius 3 is 2.50 bits per heavy atom. The maximum atomic E-state index is 12.7. The van der Waals surface area contributed by atoms with E-state index in [0.29, 0.717) is 36.3 Å². The zero-order valence-electron chi connectivity index (χ0n) is 13.8. The van der Waals surface area contributed by atoms with Crippen LogP contribution in [0.2, 0.25) is 5.15 Å². The molecular formula is C18H17ClF3N3O. The van der Waals surface area contributed by atoms with E-state index >= 15 is 0 Å². The highest BCUT2D eigenvalue weighted by atomic mass is 35.5. The predicted molar refractivity (Wildman–Crippen MR) is 91.4 cm³/mol. The molecule has 0 radical (unpaired) electrons. The van der Waals surface area contributed by atoms with Crippen LogP contribution >= 0.6 is 11.6 Å². The number of benzene rings is 1. The fraction of sp³-hybridized carbons (Fsp3) is 0.444. The Kier molecular flexibility index (Phi) is 4.52. The molecule has 0 amide bonds. The largest absolute Gasteiger partial charge is 0.416 e. The molecule has 1 aliphatic carbocycles. The number of halogens is 4. The lowest BCUT2D eigenvalue weighted by Crippen LogP contribution is -2.39. The summed E-state index contributed by atoms with van der Waals surface area (Å²) in [6.45, 7) is 1.61. The monoisotopic (exact) mass is 383 g/mol. The number of hydrogen-bond donors (Lipinski definition) is 0. The maximum Gasteiger partial charge on any atom is 0.416 e. The highest BCUT2D eigenvalue weighted by Gasteiger charge is 2.31. The van der Waals surface area contributed by atoms with Gasteiger partial charge in [0.05, 0.1) is 12.2 Å². The first-order valence-corrected chi connectivity index (χ1v) is 8.86. The molecule has 1 aliphatic heterocycles. The van der Waals surface area contributed by atoms with Gasteiger partial charge in [0, 0.05) is 25.1 Å². The highest BCUT2D eigenvalue weighted by molar-refractivity contribution is 6.29. The molecule has 4 rings (SSSR count). The van der Waals surface area contributed by atoms with E-state index in [-0.39, 0.29) is 6.10 Å². The molecule has 2 aliphatic rings. The minimum atomic E-state index is -4.34. The van der Waals surface area contributed by atoms with E-state index in [2.05, 4.69) is 9.97 Å². The number of hydrogen-bond acceptors (Lipinski definition) is 4. The van der Waals surface area contributed by atoms with E-state index < -0.39 is 11.7 Å². The van der Waals surface area contributed by atoms with E-state index in [0.717, 1.165) is 36.6 Å². The second-order valence-electron chi connectivity index (χ2n) is 6.61. The van der Waals surface area contributed by atoms with E-state index in [1.807, 2.05) is 4.90 Å². The van der Waals surface area contributed by atoms with Gasteiger partial charge in [0.2, 0.25) is 0 Å². The van der Waals surface area contributed by atoms with Crippen molar-refractivity contribution >= 4 is 17.4 Å². The van der Waals surface area contributed by atoms with Crippen LogP contribution in [0.3, 0.4) is 0 Å². The minimum absolute atomic E-state index is 0.316. The van der Waals surface area contributed by atoms with Crippen LogP contribution in [0.25, 0.3) is 0 Å². The van der Waals surface area contributed by atoms with Crippen molar-refractivity contribution in [2.45, 2.75) is 31.0 Å². The van der Waals surface area contributed by atoms with Crippen LogP contribution < -0.4 is 4.90 Å². The van der Waals surface area contributed by atoms with Crippen LogP contribution in [0.1, 0.15) is 41.8 Å². The summed E-state index contributed by atoms with van der Waals surface area (Å²) in [5.41, 5.74) is 0.0517. The highest BCUT2D eigenvalue weighted by Crippen LogP contribution is 2.39. The molecule has 138 valence electrons. The predicted octanol–water partition coefficient (Wildman–Crippen LogP) is 4.60. The van der Waals surface area contributed by atoms with E-state index in [1.165, 1.54) is 12.1 Å². The van der Waals surface area contributed by atoms with Crippen LogP contribution in [-0.4, -0.2) is 29.7 Å². The first kappa shape index (κ1) is 17.5. The van der Waals surface area contributed by atoms with E-state index in [1.54, 1.807) is 6.07 Å². The molecule has 1 aromatic heterocycles. The standard InChI is InChI=1S/C18H17ClF3N3O/c19-15-9-16(24-17(23-15)12-1-2-12)25-7-8-26-14(10-25)11-3-5-13(6-4-11)18(20,21)22/h3-6,9,12,14H,1-2,7-8,10H2. The van der Waals surface area contributed by atoms with Crippen LogP contribution in [0.4, 0.5) is 19.0 Å². The molecule has 4 nitrogen and oxygen atoms in total. The molecule has 1 saturated heterocycles. The Labute approximate surface area is 154 Å². The summed E-state index contributed by atoms with van der Waals surface area (Å²) in [6.07, 6.45) is -2.49. The van der Waals surface area contributed by atoms with Crippen molar-refractivity contribution in [3.05, 3.63) is 52.4 Å². The number of nitrogens with zero attached hydrogens (tertiary/aromatic N) is 3. The Hall–Kier alpha value is -1.86. The van der Waals surface area contributed by atoms with Crippen molar-refractivity contribution in [3.63, 3.8) is 0 Å². The van der Waals surface area contributed by atoms with Gasteiger partial charge in [-0.25, -0.2) is 9.97 Å².